The maximum Gasteiger partial charge on any atom is 0.326 e. The average molecular weight is 624 g/mol. The van der Waals surface area contributed by atoms with Crippen LogP contribution in [0.4, 0.5) is 0 Å². The second kappa shape index (κ2) is 16.8. The maximum absolute atomic E-state index is 13.6. The fourth-order valence-electron chi connectivity index (χ4n) is 4.84. The summed E-state index contributed by atoms with van der Waals surface area (Å²) < 4.78 is 0. The highest BCUT2D eigenvalue weighted by atomic mass is 16.4. The Hall–Kier alpha value is -4.95. The summed E-state index contributed by atoms with van der Waals surface area (Å²) in [7, 11) is 0. The number of nitrogens with two attached hydrogens (primary N) is 3. The number of aromatic nitrogens is 1. The number of H-pyrrole nitrogens is 1. The Morgan fingerprint density at radius 3 is 2.11 bits per heavy atom. The number of hydrogen-bond donors (Lipinski definition) is 9. The van der Waals surface area contributed by atoms with Crippen LogP contribution in [0.3, 0.4) is 0 Å². The minimum absolute atomic E-state index is 0.00512. The lowest BCUT2D eigenvalue weighted by molar-refractivity contribution is -0.142. The summed E-state index contributed by atoms with van der Waals surface area (Å²) in [5, 5.41) is 27.9. The zero-order valence-corrected chi connectivity index (χ0v) is 24.8. The van der Waals surface area contributed by atoms with E-state index in [-0.39, 0.29) is 37.9 Å². The molecular formula is C31H41N7O7. The summed E-state index contributed by atoms with van der Waals surface area (Å²) >= 11 is 0. The first-order chi connectivity index (χ1) is 21.5. The number of amides is 4. The molecule has 14 nitrogen and oxygen atoms in total. The molecule has 3 rings (SSSR count). The normalized spacial score (nSPS) is 13.7. The van der Waals surface area contributed by atoms with Crippen LogP contribution in [0.25, 0.3) is 10.9 Å². The standard InChI is InChI=1S/C31H41N7O7/c32-14-4-3-7-24(29(42)37-25(31(44)45)12-13-27(34)40)36-30(43)26(15-18-8-10-20(39)11-9-18)38-28(41)22(33)16-19-17-35-23-6-2-1-5-21(19)23/h1-2,5-6,8-11,17,22,24-26,35,39H,3-4,7,12-16,32-33H2,(H2,34,40)(H,36,43)(H,37,42)(H,38,41)(H,44,45). The van der Waals surface area contributed by atoms with E-state index in [2.05, 4.69) is 20.9 Å². The number of nitrogens with one attached hydrogen (secondary N) is 4. The van der Waals surface area contributed by atoms with Crippen molar-refractivity contribution < 1.29 is 34.2 Å². The van der Waals surface area contributed by atoms with Crippen LogP contribution in [0, 0.1) is 0 Å². The number of phenolic OH excluding ortho intramolecular Hbond substituents is 1. The largest absolute Gasteiger partial charge is 0.508 e. The Bertz CT molecular complexity index is 1470. The van der Waals surface area contributed by atoms with E-state index in [1.165, 1.54) is 12.1 Å². The number of carboxylic acid groups (broad SMARTS) is 1. The monoisotopic (exact) mass is 623 g/mol. The quantitative estimate of drug-likeness (QED) is 0.0857. The van der Waals surface area contributed by atoms with Crippen molar-refractivity contribution in [2.75, 3.05) is 6.54 Å². The third kappa shape index (κ3) is 10.6. The van der Waals surface area contributed by atoms with Gasteiger partial charge in [0.2, 0.25) is 23.6 Å². The number of hydrogen-bond acceptors (Lipinski definition) is 8. The summed E-state index contributed by atoms with van der Waals surface area (Å²) in [5.74, 6) is -4.14. The molecule has 4 atom stereocenters. The van der Waals surface area contributed by atoms with Crippen molar-refractivity contribution in [3.63, 3.8) is 0 Å². The third-order valence-corrected chi connectivity index (χ3v) is 7.33. The molecule has 2 aromatic carbocycles. The second-order valence-electron chi connectivity index (χ2n) is 10.9. The van der Waals surface area contributed by atoms with Crippen LogP contribution in [-0.4, -0.2) is 75.5 Å². The van der Waals surface area contributed by atoms with Crippen LogP contribution in [0.15, 0.2) is 54.7 Å². The zero-order chi connectivity index (χ0) is 32.9. The topological polar surface area (TPSA) is 256 Å². The van der Waals surface area contributed by atoms with Gasteiger partial charge in [-0.1, -0.05) is 30.3 Å². The molecule has 0 bridgehead atoms. The minimum Gasteiger partial charge on any atom is -0.508 e. The number of carbonyl (C=O) groups is 5. The van der Waals surface area contributed by atoms with E-state index in [4.69, 9.17) is 17.2 Å². The summed E-state index contributed by atoms with van der Waals surface area (Å²) in [4.78, 5) is 66.1. The van der Waals surface area contributed by atoms with Crippen molar-refractivity contribution in [3.05, 3.63) is 65.9 Å². The van der Waals surface area contributed by atoms with Crippen molar-refractivity contribution in [2.45, 2.75) is 69.1 Å². The van der Waals surface area contributed by atoms with Gasteiger partial charge in [0.25, 0.3) is 0 Å². The van der Waals surface area contributed by atoms with Crippen molar-refractivity contribution in [1.82, 2.24) is 20.9 Å². The SMILES string of the molecule is NCCCCC(NC(=O)C(Cc1ccc(O)cc1)NC(=O)C(N)Cc1c[nH]c2ccccc12)C(=O)NC(CCC(N)=O)C(=O)O. The molecule has 0 radical (unpaired) electrons. The number of benzene rings is 2. The van der Waals surface area contributed by atoms with Gasteiger partial charge in [-0.25, -0.2) is 4.79 Å². The highest BCUT2D eigenvalue weighted by molar-refractivity contribution is 5.94. The van der Waals surface area contributed by atoms with E-state index in [9.17, 15) is 34.2 Å². The number of aliphatic carboxylic acids is 1. The number of carboxylic acids is 1. The van der Waals surface area contributed by atoms with Crippen molar-refractivity contribution >= 4 is 40.5 Å². The molecule has 242 valence electrons. The lowest BCUT2D eigenvalue weighted by atomic mass is 10.0. The molecule has 4 amide bonds. The molecule has 0 spiro atoms. The van der Waals surface area contributed by atoms with E-state index >= 15 is 0 Å². The van der Waals surface area contributed by atoms with Crippen molar-refractivity contribution in [1.29, 1.82) is 0 Å². The molecule has 0 aliphatic carbocycles. The lowest BCUT2D eigenvalue weighted by Crippen LogP contribution is -2.57. The highest BCUT2D eigenvalue weighted by Gasteiger charge is 2.30. The van der Waals surface area contributed by atoms with Gasteiger partial charge < -0.3 is 48.3 Å². The first-order valence-corrected chi connectivity index (χ1v) is 14.7. The molecule has 14 heteroatoms. The van der Waals surface area contributed by atoms with Crippen LogP contribution >= 0.6 is 0 Å². The molecule has 0 fully saturated rings. The van der Waals surface area contributed by atoms with Gasteiger partial charge in [0.1, 0.15) is 23.9 Å². The second-order valence-corrected chi connectivity index (χ2v) is 10.9. The number of para-hydroxylation sites is 1. The number of carbonyl (C=O) groups excluding carboxylic acids is 4. The Morgan fingerprint density at radius 1 is 0.800 bits per heavy atom. The minimum atomic E-state index is -1.41. The summed E-state index contributed by atoms with van der Waals surface area (Å²) in [6, 6.07) is 8.87. The lowest BCUT2D eigenvalue weighted by Gasteiger charge is -2.25. The highest BCUT2D eigenvalue weighted by Crippen LogP contribution is 2.19. The number of aromatic amines is 1. The van der Waals surface area contributed by atoms with Crippen LogP contribution in [-0.2, 0) is 36.8 Å². The van der Waals surface area contributed by atoms with Gasteiger partial charge >= 0.3 is 5.97 Å². The molecule has 1 heterocycles. The van der Waals surface area contributed by atoms with Crippen LogP contribution in [0.1, 0.15) is 43.2 Å². The Balaban J connectivity index is 1.78. The van der Waals surface area contributed by atoms with Gasteiger partial charge in [0.05, 0.1) is 6.04 Å². The molecule has 0 aliphatic heterocycles. The van der Waals surface area contributed by atoms with Crippen LogP contribution in [0.5, 0.6) is 5.75 Å². The maximum atomic E-state index is 13.6. The number of unbranched alkanes of at least 4 members (excludes halogenated alkanes) is 1. The molecule has 12 N–H and O–H groups in total. The van der Waals surface area contributed by atoms with Gasteiger partial charge in [-0.3, -0.25) is 19.2 Å². The van der Waals surface area contributed by atoms with Gasteiger partial charge in [0.15, 0.2) is 0 Å². The average Bonchev–Trinajstić information content (AvgIpc) is 3.41. The van der Waals surface area contributed by atoms with Gasteiger partial charge in [-0.05, 0) is 68.0 Å². The van der Waals surface area contributed by atoms with Crippen molar-refractivity contribution in [3.8, 4) is 5.75 Å². The summed E-state index contributed by atoms with van der Waals surface area (Å²) in [5.41, 5.74) is 19.3. The molecule has 0 aliphatic rings. The van der Waals surface area contributed by atoms with E-state index in [1.54, 1.807) is 18.3 Å². The number of rotatable bonds is 18. The molecule has 45 heavy (non-hydrogen) atoms. The third-order valence-electron chi connectivity index (χ3n) is 7.33. The molecule has 1 aromatic heterocycles. The molecule has 0 saturated carbocycles. The smallest absolute Gasteiger partial charge is 0.326 e. The fraction of sp³-hybridized carbons (Fsp3) is 0.387. The molecule has 4 unspecified atom stereocenters. The van der Waals surface area contributed by atoms with E-state index in [1.807, 2.05) is 24.3 Å². The molecule has 0 saturated heterocycles. The molecule has 3 aromatic rings. The number of fused-ring (bicyclic) bond motifs is 1. The van der Waals surface area contributed by atoms with E-state index in [0.717, 1.165) is 16.5 Å². The zero-order valence-electron chi connectivity index (χ0n) is 24.8. The Morgan fingerprint density at radius 2 is 1.44 bits per heavy atom. The van der Waals surface area contributed by atoms with Gasteiger partial charge in [-0.15, -0.1) is 0 Å². The first-order valence-electron chi connectivity index (χ1n) is 14.7. The molecular weight excluding hydrogens is 582 g/mol. The number of aromatic hydroxyl groups is 1. The van der Waals surface area contributed by atoms with E-state index in [0.29, 0.717) is 24.9 Å². The predicted octanol–water partition coefficient (Wildman–Crippen LogP) is -0.0805. The Kier molecular flexibility index (Phi) is 12.9. The number of primary amides is 1. The van der Waals surface area contributed by atoms with Gasteiger partial charge in [0, 0.05) is 29.9 Å². The first kappa shape index (κ1) is 34.5. The Labute approximate surface area is 260 Å². The van der Waals surface area contributed by atoms with Crippen LogP contribution in [0.2, 0.25) is 0 Å². The summed E-state index contributed by atoms with van der Waals surface area (Å²) in [6.07, 6.45) is 2.60. The van der Waals surface area contributed by atoms with E-state index < -0.39 is 53.8 Å². The van der Waals surface area contributed by atoms with Crippen LogP contribution < -0.4 is 33.2 Å². The number of phenols is 1. The predicted molar refractivity (Wildman–Crippen MR) is 167 cm³/mol. The fourth-order valence-corrected chi connectivity index (χ4v) is 4.84. The van der Waals surface area contributed by atoms with Crippen molar-refractivity contribution in [2.24, 2.45) is 17.2 Å². The van der Waals surface area contributed by atoms with Gasteiger partial charge in [-0.2, -0.15) is 0 Å². The summed E-state index contributed by atoms with van der Waals surface area (Å²) in [6.45, 7) is 0.340.